The first-order valence-electron chi connectivity index (χ1n) is 7.89. The molecule has 0 radical (unpaired) electrons. The number of aryl methyl sites for hydroxylation is 1. The highest BCUT2D eigenvalue weighted by atomic mass is 16.3. The van der Waals surface area contributed by atoms with Gasteiger partial charge in [-0.25, -0.2) is 4.98 Å². The summed E-state index contributed by atoms with van der Waals surface area (Å²) in [5.41, 5.74) is 2.58. The zero-order chi connectivity index (χ0) is 18.0. The smallest absolute Gasteiger partial charge is 0.313 e. The molecule has 2 amide bonds. The molecular weight excluding hydrogens is 322 g/mol. The van der Waals surface area contributed by atoms with Crippen LogP contribution in [0.5, 0.6) is 0 Å². The van der Waals surface area contributed by atoms with Crippen LogP contribution in [0, 0.1) is 0 Å². The fourth-order valence-electron chi connectivity index (χ4n) is 2.28. The predicted molar refractivity (Wildman–Crippen MR) is 91.8 cm³/mol. The van der Waals surface area contributed by atoms with Crippen LogP contribution in [0.1, 0.15) is 31.2 Å². The predicted octanol–water partition coefficient (Wildman–Crippen LogP) is 1.94. The first kappa shape index (κ1) is 16.7. The Bertz CT molecular complexity index is 925. The molecule has 3 aromatic rings. The quantitative estimate of drug-likeness (QED) is 0.706. The summed E-state index contributed by atoms with van der Waals surface area (Å²) in [6.45, 7) is 4.21. The van der Waals surface area contributed by atoms with E-state index in [0.717, 1.165) is 5.56 Å². The molecule has 0 aliphatic rings. The number of hydrogen-bond acceptors (Lipinski definition) is 5. The van der Waals surface area contributed by atoms with Crippen molar-refractivity contribution in [1.82, 2.24) is 20.1 Å². The second-order valence-electron chi connectivity index (χ2n) is 6.05. The van der Waals surface area contributed by atoms with Gasteiger partial charge in [0.05, 0.1) is 6.20 Å². The van der Waals surface area contributed by atoms with E-state index in [1.54, 1.807) is 42.3 Å². The van der Waals surface area contributed by atoms with E-state index in [1.807, 2.05) is 13.8 Å². The molecule has 0 saturated heterocycles. The van der Waals surface area contributed by atoms with Crippen LogP contribution in [0.25, 0.3) is 11.1 Å². The van der Waals surface area contributed by atoms with E-state index in [2.05, 4.69) is 20.7 Å². The molecule has 8 heteroatoms. The van der Waals surface area contributed by atoms with Gasteiger partial charge >= 0.3 is 11.8 Å². The van der Waals surface area contributed by atoms with E-state index in [1.165, 1.54) is 0 Å². The molecular formula is C17H19N5O3. The van der Waals surface area contributed by atoms with Gasteiger partial charge in [-0.05, 0) is 18.2 Å². The minimum absolute atomic E-state index is 0.170. The highest BCUT2D eigenvalue weighted by Gasteiger charge is 2.15. The highest BCUT2D eigenvalue weighted by molar-refractivity contribution is 6.39. The molecule has 2 aromatic heterocycles. The summed E-state index contributed by atoms with van der Waals surface area (Å²) in [4.78, 5) is 28.3. The van der Waals surface area contributed by atoms with Gasteiger partial charge in [-0.15, -0.1) is 0 Å². The Morgan fingerprint density at radius 1 is 1.28 bits per heavy atom. The maximum atomic E-state index is 12.0. The van der Waals surface area contributed by atoms with Gasteiger partial charge in [-0.3, -0.25) is 14.3 Å². The van der Waals surface area contributed by atoms with E-state index >= 15 is 0 Å². The number of anilines is 1. The zero-order valence-electron chi connectivity index (χ0n) is 14.2. The Morgan fingerprint density at radius 3 is 2.76 bits per heavy atom. The van der Waals surface area contributed by atoms with E-state index in [0.29, 0.717) is 22.7 Å². The Kier molecular flexibility index (Phi) is 4.51. The summed E-state index contributed by atoms with van der Waals surface area (Å²) < 4.78 is 7.24. The number of benzene rings is 1. The normalized spacial score (nSPS) is 11.0. The minimum Gasteiger partial charge on any atom is -0.440 e. The molecule has 2 heterocycles. The van der Waals surface area contributed by atoms with Crippen molar-refractivity contribution in [1.29, 1.82) is 0 Å². The molecule has 0 bridgehead atoms. The maximum absolute atomic E-state index is 12.0. The van der Waals surface area contributed by atoms with Gasteiger partial charge < -0.3 is 15.1 Å². The number of carbonyl (C=O) groups excluding carboxylic acids is 2. The number of amides is 2. The molecule has 0 unspecified atom stereocenters. The van der Waals surface area contributed by atoms with Gasteiger partial charge in [0.25, 0.3) is 0 Å². The van der Waals surface area contributed by atoms with Crippen molar-refractivity contribution in [3.8, 4) is 0 Å². The van der Waals surface area contributed by atoms with Crippen LogP contribution in [0.15, 0.2) is 35.0 Å². The third-order valence-electron chi connectivity index (χ3n) is 3.57. The first-order valence-corrected chi connectivity index (χ1v) is 7.89. The molecule has 0 aliphatic carbocycles. The van der Waals surface area contributed by atoms with E-state index in [-0.39, 0.29) is 12.5 Å². The molecule has 0 atom stereocenters. The molecule has 0 aliphatic heterocycles. The maximum Gasteiger partial charge on any atom is 0.313 e. The fourth-order valence-corrected chi connectivity index (χ4v) is 2.28. The van der Waals surface area contributed by atoms with Crippen LogP contribution in [0.2, 0.25) is 0 Å². The van der Waals surface area contributed by atoms with E-state index < -0.39 is 11.8 Å². The lowest BCUT2D eigenvalue weighted by Crippen LogP contribution is -2.34. The SMILES string of the molecule is CC(C)c1nc2cc(NC(=O)C(=O)NCc3cnn(C)c3)ccc2o1. The van der Waals surface area contributed by atoms with Crippen LogP contribution >= 0.6 is 0 Å². The summed E-state index contributed by atoms with van der Waals surface area (Å²) >= 11 is 0. The van der Waals surface area contributed by atoms with Crippen molar-refractivity contribution in [3.05, 3.63) is 42.0 Å². The molecule has 130 valence electrons. The summed E-state index contributed by atoms with van der Waals surface area (Å²) in [5, 5.41) is 9.11. The average molecular weight is 341 g/mol. The van der Waals surface area contributed by atoms with Gasteiger partial charge in [-0.1, -0.05) is 13.8 Å². The molecule has 3 rings (SSSR count). The molecule has 1 aromatic carbocycles. The van der Waals surface area contributed by atoms with Gasteiger partial charge in [0.1, 0.15) is 5.52 Å². The topological polar surface area (TPSA) is 102 Å². The van der Waals surface area contributed by atoms with Crippen molar-refractivity contribution in [3.63, 3.8) is 0 Å². The zero-order valence-corrected chi connectivity index (χ0v) is 14.2. The summed E-state index contributed by atoms with van der Waals surface area (Å²) in [6.07, 6.45) is 3.39. The number of hydrogen-bond donors (Lipinski definition) is 2. The van der Waals surface area contributed by atoms with Gasteiger partial charge in [-0.2, -0.15) is 5.10 Å². The molecule has 2 N–H and O–H groups in total. The lowest BCUT2D eigenvalue weighted by molar-refractivity contribution is -0.136. The lowest BCUT2D eigenvalue weighted by atomic mass is 10.2. The van der Waals surface area contributed by atoms with Crippen LogP contribution in [0.3, 0.4) is 0 Å². The third-order valence-corrected chi connectivity index (χ3v) is 3.57. The standard InChI is InChI=1S/C17H19N5O3/c1-10(2)17-21-13-6-12(4-5-14(13)25-17)20-16(24)15(23)18-7-11-8-19-22(3)9-11/h4-6,8-10H,7H2,1-3H3,(H,18,23)(H,20,24). The Balaban J connectivity index is 1.63. The summed E-state index contributed by atoms with van der Waals surface area (Å²) in [5.74, 6) is -0.654. The van der Waals surface area contributed by atoms with E-state index in [9.17, 15) is 9.59 Å². The van der Waals surface area contributed by atoms with Crippen LogP contribution < -0.4 is 10.6 Å². The first-order chi connectivity index (χ1) is 11.9. The molecule has 8 nitrogen and oxygen atoms in total. The van der Waals surface area contributed by atoms with Crippen molar-refractivity contribution >= 4 is 28.6 Å². The van der Waals surface area contributed by atoms with Gasteiger partial charge in [0.15, 0.2) is 11.5 Å². The van der Waals surface area contributed by atoms with E-state index in [4.69, 9.17) is 4.42 Å². The number of nitrogens with one attached hydrogen (secondary N) is 2. The Labute approximate surface area is 144 Å². The number of oxazole rings is 1. The monoisotopic (exact) mass is 341 g/mol. The van der Waals surface area contributed by atoms with Crippen molar-refractivity contribution < 1.29 is 14.0 Å². The minimum atomic E-state index is -0.740. The number of carbonyl (C=O) groups is 2. The van der Waals surface area contributed by atoms with Gasteiger partial charge in [0, 0.05) is 37.0 Å². The molecule has 0 spiro atoms. The number of aromatic nitrogens is 3. The largest absolute Gasteiger partial charge is 0.440 e. The Morgan fingerprint density at radius 2 is 2.08 bits per heavy atom. The Hall–Kier alpha value is -3.16. The highest BCUT2D eigenvalue weighted by Crippen LogP contribution is 2.23. The van der Waals surface area contributed by atoms with Crippen molar-refractivity contribution in [2.45, 2.75) is 26.3 Å². The van der Waals surface area contributed by atoms with Crippen molar-refractivity contribution in [2.75, 3.05) is 5.32 Å². The molecule has 0 fully saturated rings. The third kappa shape index (κ3) is 3.85. The second kappa shape index (κ2) is 6.76. The van der Waals surface area contributed by atoms with Crippen LogP contribution in [0.4, 0.5) is 5.69 Å². The summed E-state index contributed by atoms with van der Waals surface area (Å²) in [6, 6.07) is 5.07. The van der Waals surface area contributed by atoms with Crippen molar-refractivity contribution in [2.24, 2.45) is 7.05 Å². The molecule has 0 saturated carbocycles. The average Bonchev–Trinajstić information content (AvgIpc) is 3.18. The van der Waals surface area contributed by atoms with Crippen LogP contribution in [-0.2, 0) is 23.2 Å². The van der Waals surface area contributed by atoms with Crippen LogP contribution in [-0.4, -0.2) is 26.6 Å². The number of nitrogens with zero attached hydrogens (tertiary/aromatic N) is 3. The lowest BCUT2D eigenvalue weighted by Gasteiger charge is -2.05. The number of fused-ring (bicyclic) bond motifs is 1. The van der Waals surface area contributed by atoms with Gasteiger partial charge in [0.2, 0.25) is 0 Å². The number of rotatable bonds is 4. The summed E-state index contributed by atoms with van der Waals surface area (Å²) in [7, 11) is 1.78. The fraction of sp³-hybridized carbons (Fsp3) is 0.294. The molecule has 25 heavy (non-hydrogen) atoms. The second-order valence-corrected chi connectivity index (χ2v) is 6.05.